The van der Waals surface area contributed by atoms with E-state index in [1.54, 1.807) is 0 Å². The smallest absolute Gasteiger partial charge is 0.0475 e. The van der Waals surface area contributed by atoms with Gasteiger partial charge in [0.1, 0.15) is 0 Å². The van der Waals surface area contributed by atoms with E-state index in [4.69, 9.17) is 5.73 Å². The minimum absolute atomic E-state index is 0.161. The van der Waals surface area contributed by atoms with Gasteiger partial charge in [-0.2, -0.15) is 11.8 Å². The van der Waals surface area contributed by atoms with Gasteiger partial charge >= 0.3 is 0 Å². The molecule has 0 aliphatic carbocycles. The molecule has 18 heavy (non-hydrogen) atoms. The number of rotatable bonds is 5. The molecule has 0 radical (unpaired) electrons. The molecule has 1 fully saturated rings. The zero-order valence-corrected chi connectivity index (χ0v) is 13.9. The van der Waals surface area contributed by atoms with Crippen molar-refractivity contribution in [1.82, 2.24) is 4.90 Å². The molecule has 0 bridgehead atoms. The average molecular weight is 273 g/mol. The highest BCUT2D eigenvalue weighted by Crippen LogP contribution is 2.46. The molecule has 3 heteroatoms. The molecule has 1 saturated heterocycles. The first-order valence-electron chi connectivity index (χ1n) is 7.31. The summed E-state index contributed by atoms with van der Waals surface area (Å²) in [5, 5.41) is 0. The van der Waals surface area contributed by atoms with Crippen molar-refractivity contribution in [3.8, 4) is 0 Å². The second-order valence-corrected chi connectivity index (χ2v) is 8.17. The summed E-state index contributed by atoms with van der Waals surface area (Å²) in [5.41, 5.74) is 6.75. The van der Waals surface area contributed by atoms with Crippen LogP contribution in [-0.4, -0.2) is 41.1 Å². The zero-order chi connectivity index (χ0) is 14.0. The molecular formula is C15H32N2S. The fourth-order valence-corrected chi connectivity index (χ4v) is 5.00. The fraction of sp³-hybridized carbons (Fsp3) is 1.00. The summed E-state index contributed by atoms with van der Waals surface area (Å²) in [7, 11) is 0. The minimum atomic E-state index is 0.161. The summed E-state index contributed by atoms with van der Waals surface area (Å²) >= 11 is 2.08. The largest absolute Gasteiger partial charge is 0.329 e. The van der Waals surface area contributed by atoms with E-state index in [-0.39, 0.29) is 5.54 Å². The Balaban J connectivity index is 3.08. The zero-order valence-electron chi connectivity index (χ0n) is 13.1. The van der Waals surface area contributed by atoms with E-state index >= 15 is 0 Å². The number of hydrogen-bond donors (Lipinski definition) is 1. The molecule has 2 nitrogen and oxygen atoms in total. The number of hydrogen-bond acceptors (Lipinski definition) is 3. The van der Waals surface area contributed by atoms with Crippen molar-refractivity contribution in [3.05, 3.63) is 0 Å². The molecule has 1 unspecified atom stereocenters. The maximum Gasteiger partial charge on any atom is 0.0475 e. The molecule has 1 aliphatic heterocycles. The Labute approximate surface area is 118 Å². The van der Waals surface area contributed by atoms with Crippen LogP contribution in [0.15, 0.2) is 0 Å². The molecule has 0 aromatic heterocycles. The van der Waals surface area contributed by atoms with Crippen molar-refractivity contribution in [3.63, 3.8) is 0 Å². The molecule has 1 rings (SSSR count). The molecule has 0 amide bonds. The van der Waals surface area contributed by atoms with Crippen LogP contribution in [0.1, 0.15) is 48.0 Å². The Morgan fingerprint density at radius 3 is 2.22 bits per heavy atom. The van der Waals surface area contributed by atoms with Gasteiger partial charge < -0.3 is 5.73 Å². The predicted octanol–water partition coefficient (Wildman–Crippen LogP) is 3.21. The Bertz CT molecular complexity index is 263. The van der Waals surface area contributed by atoms with Gasteiger partial charge in [0.15, 0.2) is 0 Å². The standard InChI is InChI=1S/C15H32N2S/c1-12(2)9-17(13(3)4)15(10-16)11-18-8-7-14(15,5)6/h12-13H,7-11,16H2,1-6H3. The Morgan fingerprint density at radius 2 is 1.83 bits per heavy atom. The quantitative estimate of drug-likeness (QED) is 0.833. The summed E-state index contributed by atoms with van der Waals surface area (Å²) in [4.78, 5) is 2.68. The molecule has 0 spiro atoms. The van der Waals surface area contributed by atoms with E-state index in [9.17, 15) is 0 Å². The van der Waals surface area contributed by atoms with E-state index in [1.165, 1.54) is 17.9 Å². The van der Waals surface area contributed by atoms with Crippen molar-refractivity contribution >= 4 is 11.8 Å². The van der Waals surface area contributed by atoms with E-state index in [0.29, 0.717) is 17.4 Å². The van der Waals surface area contributed by atoms with Crippen LogP contribution in [0.4, 0.5) is 0 Å². The van der Waals surface area contributed by atoms with Crippen LogP contribution in [0, 0.1) is 11.3 Å². The van der Waals surface area contributed by atoms with Crippen molar-refractivity contribution in [2.75, 3.05) is 24.6 Å². The van der Waals surface area contributed by atoms with Gasteiger partial charge in [-0.25, -0.2) is 0 Å². The van der Waals surface area contributed by atoms with Crippen LogP contribution in [0.3, 0.4) is 0 Å². The first kappa shape index (κ1) is 16.3. The molecule has 0 aromatic carbocycles. The summed E-state index contributed by atoms with van der Waals surface area (Å²) < 4.78 is 0. The molecule has 0 aromatic rings. The van der Waals surface area contributed by atoms with E-state index in [1.807, 2.05) is 0 Å². The third kappa shape index (κ3) is 3.05. The normalized spacial score (nSPS) is 28.3. The fourth-order valence-electron chi connectivity index (χ4n) is 3.19. The number of thioether (sulfide) groups is 1. The third-order valence-electron chi connectivity index (χ3n) is 4.54. The van der Waals surface area contributed by atoms with Gasteiger partial charge in [-0.1, -0.05) is 27.7 Å². The van der Waals surface area contributed by atoms with Crippen molar-refractivity contribution < 1.29 is 0 Å². The highest BCUT2D eigenvalue weighted by Gasteiger charge is 2.50. The van der Waals surface area contributed by atoms with Crippen molar-refractivity contribution in [2.45, 2.75) is 59.5 Å². The molecule has 0 saturated carbocycles. The number of nitrogens with zero attached hydrogens (tertiary/aromatic N) is 1. The van der Waals surface area contributed by atoms with Crippen LogP contribution < -0.4 is 5.73 Å². The second kappa shape index (κ2) is 6.15. The van der Waals surface area contributed by atoms with Crippen LogP contribution in [0.25, 0.3) is 0 Å². The van der Waals surface area contributed by atoms with E-state index in [0.717, 1.165) is 13.1 Å². The summed E-state index contributed by atoms with van der Waals surface area (Å²) in [6.07, 6.45) is 1.27. The van der Waals surface area contributed by atoms with Gasteiger partial charge in [0, 0.05) is 30.4 Å². The van der Waals surface area contributed by atoms with Crippen LogP contribution >= 0.6 is 11.8 Å². The van der Waals surface area contributed by atoms with Crippen LogP contribution in [0.5, 0.6) is 0 Å². The van der Waals surface area contributed by atoms with Gasteiger partial charge in [-0.05, 0) is 37.4 Å². The SMILES string of the molecule is CC(C)CN(C(C)C)C1(CN)CSCCC1(C)C. The monoisotopic (exact) mass is 272 g/mol. The van der Waals surface area contributed by atoms with Crippen molar-refractivity contribution in [2.24, 2.45) is 17.1 Å². The Morgan fingerprint density at radius 1 is 1.22 bits per heavy atom. The minimum Gasteiger partial charge on any atom is -0.329 e. The maximum absolute atomic E-state index is 6.27. The average Bonchev–Trinajstić information content (AvgIpc) is 2.26. The summed E-state index contributed by atoms with van der Waals surface area (Å²) in [6, 6.07) is 0.564. The first-order valence-corrected chi connectivity index (χ1v) is 8.47. The summed E-state index contributed by atoms with van der Waals surface area (Å²) in [6.45, 7) is 16.0. The predicted molar refractivity (Wildman–Crippen MR) is 84.2 cm³/mol. The lowest BCUT2D eigenvalue weighted by Gasteiger charge is -2.57. The van der Waals surface area contributed by atoms with E-state index < -0.39 is 0 Å². The van der Waals surface area contributed by atoms with Gasteiger partial charge in [0.05, 0.1) is 0 Å². The molecular weight excluding hydrogens is 240 g/mol. The number of nitrogens with two attached hydrogens (primary N) is 1. The lowest BCUT2D eigenvalue weighted by molar-refractivity contribution is -0.0265. The molecule has 108 valence electrons. The molecule has 1 atom stereocenters. The topological polar surface area (TPSA) is 29.3 Å². The highest BCUT2D eigenvalue weighted by atomic mass is 32.2. The third-order valence-corrected chi connectivity index (χ3v) is 5.72. The lowest BCUT2D eigenvalue weighted by atomic mass is 9.69. The molecule has 1 aliphatic rings. The Kier molecular flexibility index (Phi) is 5.58. The van der Waals surface area contributed by atoms with Crippen LogP contribution in [0.2, 0.25) is 0 Å². The van der Waals surface area contributed by atoms with Crippen LogP contribution in [-0.2, 0) is 0 Å². The van der Waals surface area contributed by atoms with Gasteiger partial charge in [0.2, 0.25) is 0 Å². The first-order chi connectivity index (χ1) is 8.27. The van der Waals surface area contributed by atoms with Gasteiger partial charge in [-0.15, -0.1) is 0 Å². The van der Waals surface area contributed by atoms with Gasteiger partial charge in [-0.3, -0.25) is 4.90 Å². The van der Waals surface area contributed by atoms with Gasteiger partial charge in [0.25, 0.3) is 0 Å². The highest BCUT2D eigenvalue weighted by molar-refractivity contribution is 7.99. The maximum atomic E-state index is 6.27. The Hall–Kier alpha value is 0.270. The van der Waals surface area contributed by atoms with Crippen molar-refractivity contribution in [1.29, 1.82) is 0 Å². The molecule has 2 N–H and O–H groups in total. The summed E-state index contributed by atoms with van der Waals surface area (Å²) in [5.74, 6) is 3.16. The van der Waals surface area contributed by atoms with E-state index in [2.05, 4.69) is 58.2 Å². The lowest BCUT2D eigenvalue weighted by Crippen LogP contribution is -2.67. The molecule has 1 heterocycles. The second-order valence-electron chi connectivity index (χ2n) is 7.06.